The fraction of sp³-hybridized carbons (Fsp3) is 0.158. The lowest BCUT2D eigenvalue weighted by Gasteiger charge is -2.18. The van der Waals surface area contributed by atoms with Crippen LogP contribution in [0.15, 0.2) is 63.9 Å². The van der Waals surface area contributed by atoms with Gasteiger partial charge >= 0.3 is 5.97 Å². The molecule has 0 atom stereocenters. The van der Waals surface area contributed by atoms with E-state index < -0.39 is 5.97 Å². The molecule has 5 heteroatoms. The van der Waals surface area contributed by atoms with Gasteiger partial charge in [-0.3, -0.25) is 9.69 Å². The number of methoxy groups -OCH3 is 1. The number of hydrogen-bond donors (Lipinski definition) is 0. The molecule has 2 aromatic rings. The maximum absolute atomic E-state index is 13.0. The number of furan rings is 1. The molecular formula is C19H17NO4. The van der Waals surface area contributed by atoms with Crippen LogP contribution in [0, 0.1) is 6.92 Å². The van der Waals surface area contributed by atoms with Gasteiger partial charge in [-0.15, -0.1) is 0 Å². The average molecular weight is 323 g/mol. The lowest BCUT2D eigenvalue weighted by Crippen LogP contribution is -2.24. The quantitative estimate of drug-likeness (QED) is 0.641. The Labute approximate surface area is 139 Å². The molecule has 24 heavy (non-hydrogen) atoms. The van der Waals surface area contributed by atoms with Crippen molar-refractivity contribution in [2.45, 2.75) is 13.8 Å². The summed E-state index contributed by atoms with van der Waals surface area (Å²) in [6.45, 7) is 3.68. The van der Waals surface area contributed by atoms with E-state index in [9.17, 15) is 9.59 Å². The zero-order chi connectivity index (χ0) is 17.3. The average Bonchev–Trinajstić information content (AvgIpc) is 3.14. The van der Waals surface area contributed by atoms with E-state index in [2.05, 4.69) is 0 Å². The van der Waals surface area contributed by atoms with Gasteiger partial charge in [0.1, 0.15) is 5.76 Å². The van der Waals surface area contributed by atoms with Crippen molar-refractivity contribution in [2.24, 2.45) is 0 Å². The Hall–Kier alpha value is -3.08. The Morgan fingerprint density at radius 3 is 2.62 bits per heavy atom. The van der Waals surface area contributed by atoms with Crippen LogP contribution in [0.4, 0.5) is 5.69 Å². The number of carbonyl (C=O) groups excluding carboxylic acids is 2. The summed E-state index contributed by atoms with van der Waals surface area (Å²) in [5.74, 6) is -0.331. The van der Waals surface area contributed by atoms with Crippen LogP contribution in [0.3, 0.4) is 0 Å². The predicted octanol–water partition coefficient (Wildman–Crippen LogP) is 3.47. The molecule has 2 heterocycles. The Morgan fingerprint density at radius 1 is 1.21 bits per heavy atom. The Kier molecular flexibility index (Phi) is 4.08. The van der Waals surface area contributed by atoms with Gasteiger partial charge in [-0.25, -0.2) is 4.79 Å². The zero-order valence-corrected chi connectivity index (χ0v) is 13.7. The summed E-state index contributed by atoms with van der Waals surface area (Å²) in [6.07, 6.45) is 3.08. The van der Waals surface area contributed by atoms with Gasteiger partial charge in [-0.05, 0) is 49.8 Å². The lowest BCUT2D eigenvalue weighted by atomic mass is 10.1. The first-order chi connectivity index (χ1) is 11.5. The largest absolute Gasteiger partial charge is 0.465 e. The number of benzene rings is 1. The molecule has 5 nitrogen and oxygen atoms in total. The van der Waals surface area contributed by atoms with Crippen molar-refractivity contribution < 1.29 is 18.7 Å². The second-order valence-electron chi connectivity index (χ2n) is 5.50. The number of amides is 1. The fourth-order valence-corrected chi connectivity index (χ4v) is 2.77. The lowest BCUT2D eigenvalue weighted by molar-refractivity contribution is -0.136. The highest BCUT2D eigenvalue weighted by Crippen LogP contribution is 2.35. The van der Waals surface area contributed by atoms with Gasteiger partial charge in [0.25, 0.3) is 5.91 Å². The van der Waals surface area contributed by atoms with Crippen LogP contribution in [-0.2, 0) is 14.3 Å². The zero-order valence-electron chi connectivity index (χ0n) is 13.7. The number of allylic oxidation sites excluding steroid dienone is 1. The van der Waals surface area contributed by atoms with Crippen LogP contribution in [0.1, 0.15) is 18.2 Å². The molecule has 0 saturated heterocycles. The Morgan fingerprint density at radius 2 is 2.00 bits per heavy atom. The molecule has 0 spiro atoms. The van der Waals surface area contributed by atoms with Crippen molar-refractivity contribution in [3.63, 3.8) is 0 Å². The van der Waals surface area contributed by atoms with E-state index in [0.29, 0.717) is 17.1 Å². The molecular weight excluding hydrogens is 306 g/mol. The molecule has 1 aromatic carbocycles. The molecule has 0 bridgehead atoms. The highest BCUT2D eigenvalue weighted by Gasteiger charge is 2.38. The summed E-state index contributed by atoms with van der Waals surface area (Å²) < 4.78 is 10.1. The molecule has 1 aliphatic heterocycles. The molecule has 1 aliphatic rings. The monoisotopic (exact) mass is 323 g/mol. The van der Waals surface area contributed by atoms with Crippen molar-refractivity contribution in [3.8, 4) is 0 Å². The van der Waals surface area contributed by atoms with Crippen LogP contribution < -0.4 is 4.90 Å². The summed E-state index contributed by atoms with van der Waals surface area (Å²) in [4.78, 5) is 26.7. The number of nitrogens with zero attached hydrogens (tertiary/aromatic N) is 1. The van der Waals surface area contributed by atoms with E-state index in [1.54, 1.807) is 25.1 Å². The third-order valence-electron chi connectivity index (χ3n) is 3.88. The topological polar surface area (TPSA) is 59.8 Å². The predicted molar refractivity (Wildman–Crippen MR) is 90.1 cm³/mol. The molecule has 122 valence electrons. The van der Waals surface area contributed by atoms with Crippen molar-refractivity contribution >= 4 is 23.6 Å². The summed E-state index contributed by atoms with van der Waals surface area (Å²) in [7, 11) is 1.30. The third-order valence-corrected chi connectivity index (χ3v) is 3.88. The number of ether oxygens (including phenoxy) is 1. The van der Waals surface area contributed by atoms with Gasteiger partial charge in [-0.2, -0.15) is 0 Å². The van der Waals surface area contributed by atoms with E-state index in [0.717, 1.165) is 5.56 Å². The van der Waals surface area contributed by atoms with Crippen molar-refractivity contribution in [1.82, 2.24) is 0 Å². The summed E-state index contributed by atoms with van der Waals surface area (Å²) >= 11 is 0. The summed E-state index contributed by atoms with van der Waals surface area (Å²) in [6, 6.07) is 11.0. The molecule has 0 radical (unpaired) electrons. The molecule has 0 saturated carbocycles. The van der Waals surface area contributed by atoms with Crippen molar-refractivity contribution in [2.75, 3.05) is 12.0 Å². The van der Waals surface area contributed by atoms with Crippen LogP contribution in [0.2, 0.25) is 0 Å². The minimum atomic E-state index is -0.547. The van der Waals surface area contributed by atoms with Gasteiger partial charge in [0.2, 0.25) is 0 Å². The minimum Gasteiger partial charge on any atom is -0.465 e. The number of hydrogen-bond acceptors (Lipinski definition) is 4. The Bertz CT molecular complexity index is 859. The molecule has 1 aromatic heterocycles. The van der Waals surface area contributed by atoms with E-state index in [1.807, 2.05) is 31.2 Å². The van der Waals surface area contributed by atoms with Gasteiger partial charge in [0, 0.05) is 11.4 Å². The van der Waals surface area contributed by atoms with E-state index in [4.69, 9.17) is 9.15 Å². The minimum absolute atomic E-state index is 0.250. The SMILES string of the molecule is COC(=O)C1=C(C)N(c2cccc(C)c2)C(=O)/C1=C\c1ccco1. The summed E-state index contributed by atoms with van der Waals surface area (Å²) in [5.41, 5.74) is 2.78. The number of esters is 1. The van der Waals surface area contributed by atoms with Crippen molar-refractivity contribution in [1.29, 1.82) is 0 Å². The molecule has 0 N–H and O–H groups in total. The van der Waals surface area contributed by atoms with E-state index >= 15 is 0 Å². The third kappa shape index (κ3) is 2.65. The Balaban J connectivity index is 2.15. The van der Waals surface area contributed by atoms with Crippen LogP contribution in [0.5, 0.6) is 0 Å². The number of rotatable bonds is 3. The first-order valence-electron chi connectivity index (χ1n) is 7.49. The highest BCUT2D eigenvalue weighted by atomic mass is 16.5. The second kappa shape index (κ2) is 6.20. The van der Waals surface area contributed by atoms with Gasteiger partial charge in [0.15, 0.2) is 0 Å². The number of carbonyl (C=O) groups is 2. The van der Waals surface area contributed by atoms with Crippen molar-refractivity contribution in [3.05, 3.63) is 70.8 Å². The second-order valence-corrected chi connectivity index (χ2v) is 5.50. The molecule has 3 rings (SSSR count). The smallest absolute Gasteiger partial charge is 0.340 e. The first kappa shape index (κ1) is 15.8. The molecule has 0 fully saturated rings. The van der Waals surface area contributed by atoms with E-state index in [1.165, 1.54) is 18.3 Å². The van der Waals surface area contributed by atoms with Crippen LogP contribution in [-0.4, -0.2) is 19.0 Å². The standard InChI is InChI=1S/C19H17NO4/c1-12-6-4-7-14(10-12)20-13(2)17(19(22)23-3)16(18(20)21)11-15-8-5-9-24-15/h4-11H,1-3H3/b16-11-. The molecule has 0 aliphatic carbocycles. The first-order valence-corrected chi connectivity index (χ1v) is 7.49. The van der Waals surface area contributed by atoms with Gasteiger partial charge in [-0.1, -0.05) is 12.1 Å². The molecule has 0 unspecified atom stereocenters. The highest BCUT2D eigenvalue weighted by molar-refractivity contribution is 6.23. The van der Waals surface area contributed by atoms with Crippen LogP contribution >= 0.6 is 0 Å². The normalized spacial score (nSPS) is 16.2. The van der Waals surface area contributed by atoms with Crippen LogP contribution in [0.25, 0.3) is 6.08 Å². The van der Waals surface area contributed by atoms with Gasteiger partial charge in [0.05, 0.1) is 24.5 Å². The number of aryl methyl sites for hydroxylation is 1. The fourth-order valence-electron chi connectivity index (χ4n) is 2.77. The van der Waals surface area contributed by atoms with E-state index in [-0.39, 0.29) is 17.1 Å². The maximum atomic E-state index is 13.0. The number of anilines is 1. The van der Waals surface area contributed by atoms with Gasteiger partial charge < -0.3 is 9.15 Å². The maximum Gasteiger partial charge on any atom is 0.340 e. The summed E-state index contributed by atoms with van der Waals surface area (Å²) in [5, 5.41) is 0. The molecule has 1 amide bonds.